The van der Waals surface area contributed by atoms with Gasteiger partial charge < -0.3 is 15.8 Å². The van der Waals surface area contributed by atoms with Gasteiger partial charge in [0, 0.05) is 45.5 Å². The quantitative estimate of drug-likeness (QED) is 0.186. The molecule has 5 heteroatoms. The van der Waals surface area contributed by atoms with Crippen molar-refractivity contribution in [1.29, 1.82) is 0 Å². The summed E-state index contributed by atoms with van der Waals surface area (Å²) in [5, 5.41) is 22.1. The fraction of sp³-hybridized carbons (Fsp3) is 0.237. The van der Waals surface area contributed by atoms with Crippen molar-refractivity contribution in [2.45, 2.75) is 51.6 Å². The second kappa shape index (κ2) is 11.2. The number of aromatic amines is 1. The standard InChI is InChI=1S/C26H29N3O.C12H9N/c1-16(2)29-15-18(14-28-29)8-7-17-11-23-21(25(27)12-17)10-9-20-19-5-3-4-6-22(19)26(30)13-24(20)23;1-3-7-11-9(5-1)10-6-2-4-8-12(10)13-11/h3-6,9-10,13-17,25,30H,7-8,11-12,27H2,1-2H3;1-8,13H. The van der Waals surface area contributed by atoms with Gasteiger partial charge in [-0.2, -0.15) is 5.10 Å². The number of fused-ring (bicyclic) bond motifs is 8. The zero-order valence-electron chi connectivity index (χ0n) is 24.8. The number of rotatable bonds is 4. The number of aryl methyl sites for hydroxylation is 1. The Bertz CT molecular complexity index is 2020. The molecule has 2 atom stereocenters. The van der Waals surface area contributed by atoms with E-state index in [0.29, 0.717) is 17.7 Å². The van der Waals surface area contributed by atoms with Crippen LogP contribution in [0, 0.1) is 5.92 Å². The van der Waals surface area contributed by atoms with Crippen LogP contribution in [-0.2, 0) is 12.8 Å². The molecule has 1 aliphatic carbocycles. The van der Waals surface area contributed by atoms with Gasteiger partial charge in [0.05, 0.1) is 6.20 Å². The average molecular weight is 567 g/mol. The first-order valence-corrected chi connectivity index (χ1v) is 15.4. The van der Waals surface area contributed by atoms with E-state index in [4.69, 9.17) is 5.73 Å². The normalized spacial score (nSPS) is 16.6. The maximum atomic E-state index is 10.7. The number of phenols is 1. The van der Waals surface area contributed by atoms with Gasteiger partial charge in [-0.05, 0) is 96.5 Å². The van der Waals surface area contributed by atoms with E-state index in [2.05, 4.69) is 96.9 Å². The summed E-state index contributed by atoms with van der Waals surface area (Å²) in [7, 11) is 0. The van der Waals surface area contributed by atoms with Crippen LogP contribution in [0.25, 0.3) is 43.4 Å². The number of para-hydroxylation sites is 2. The largest absolute Gasteiger partial charge is 0.507 e. The molecule has 1 aliphatic rings. The minimum Gasteiger partial charge on any atom is -0.507 e. The van der Waals surface area contributed by atoms with Crippen LogP contribution in [0.3, 0.4) is 0 Å². The van der Waals surface area contributed by atoms with Crippen LogP contribution in [0.5, 0.6) is 5.75 Å². The summed E-state index contributed by atoms with van der Waals surface area (Å²) in [4.78, 5) is 3.38. The molecule has 216 valence electrons. The molecule has 0 amide bonds. The number of nitrogens with one attached hydrogen (secondary N) is 1. The van der Waals surface area contributed by atoms with E-state index in [0.717, 1.165) is 41.8 Å². The molecular weight excluding hydrogens is 528 g/mol. The summed E-state index contributed by atoms with van der Waals surface area (Å²) in [5.74, 6) is 0.886. The van der Waals surface area contributed by atoms with E-state index in [1.807, 2.05) is 35.1 Å². The molecule has 0 aliphatic heterocycles. The van der Waals surface area contributed by atoms with Gasteiger partial charge >= 0.3 is 0 Å². The number of H-pyrrole nitrogens is 1. The number of phenolic OH excluding ortho intramolecular Hbond substituents is 1. The van der Waals surface area contributed by atoms with E-state index in [1.54, 1.807) is 0 Å². The number of hydrogen-bond acceptors (Lipinski definition) is 3. The lowest BCUT2D eigenvalue weighted by Gasteiger charge is -2.31. The number of benzene rings is 5. The highest BCUT2D eigenvalue weighted by atomic mass is 16.3. The topological polar surface area (TPSA) is 79.9 Å². The highest BCUT2D eigenvalue weighted by molar-refractivity contribution is 6.11. The zero-order valence-corrected chi connectivity index (χ0v) is 24.8. The Morgan fingerprint density at radius 2 is 1.47 bits per heavy atom. The van der Waals surface area contributed by atoms with Gasteiger partial charge in [-0.15, -0.1) is 0 Å². The first-order chi connectivity index (χ1) is 21.0. The van der Waals surface area contributed by atoms with Crippen LogP contribution in [-0.4, -0.2) is 19.9 Å². The van der Waals surface area contributed by atoms with Crippen molar-refractivity contribution in [1.82, 2.24) is 14.8 Å². The van der Waals surface area contributed by atoms with Crippen molar-refractivity contribution in [3.8, 4) is 5.75 Å². The highest BCUT2D eigenvalue weighted by Gasteiger charge is 2.26. The summed E-state index contributed by atoms with van der Waals surface area (Å²) in [6.07, 6.45) is 8.31. The lowest BCUT2D eigenvalue weighted by atomic mass is 9.76. The minimum atomic E-state index is 0.0511. The maximum absolute atomic E-state index is 10.7. The van der Waals surface area contributed by atoms with E-state index < -0.39 is 0 Å². The van der Waals surface area contributed by atoms with E-state index in [1.165, 1.54) is 43.9 Å². The van der Waals surface area contributed by atoms with Crippen LogP contribution < -0.4 is 5.73 Å². The van der Waals surface area contributed by atoms with Gasteiger partial charge in [0.2, 0.25) is 0 Å². The SMILES string of the molecule is CC(C)n1cc(CCC2Cc3c(ccc4c3cc(O)c3ccccc34)C(N)C2)cn1.c1ccc2c(c1)[nH]c1ccccc12. The molecule has 0 radical (unpaired) electrons. The number of hydrogen-bond donors (Lipinski definition) is 3. The second-order valence-electron chi connectivity index (χ2n) is 12.3. The predicted molar refractivity (Wildman–Crippen MR) is 179 cm³/mol. The zero-order chi connectivity index (χ0) is 29.5. The average Bonchev–Trinajstić information content (AvgIpc) is 3.66. The third-order valence-electron chi connectivity index (χ3n) is 9.09. The predicted octanol–water partition coefficient (Wildman–Crippen LogP) is 8.99. The Hall–Kier alpha value is -4.61. The maximum Gasteiger partial charge on any atom is 0.124 e. The van der Waals surface area contributed by atoms with Crippen molar-refractivity contribution < 1.29 is 5.11 Å². The molecule has 4 N–H and O–H groups in total. The van der Waals surface area contributed by atoms with Gasteiger partial charge in [-0.1, -0.05) is 72.8 Å². The molecule has 5 nitrogen and oxygen atoms in total. The molecule has 2 aromatic heterocycles. The third kappa shape index (κ3) is 5.15. The molecular formula is C38H38N4O. The van der Waals surface area contributed by atoms with Crippen LogP contribution in [0.15, 0.2) is 103 Å². The van der Waals surface area contributed by atoms with Crippen molar-refractivity contribution in [3.05, 3.63) is 120 Å². The first kappa shape index (κ1) is 27.2. The molecule has 0 fully saturated rings. The van der Waals surface area contributed by atoms with E-state index >= 15 is 0 Å². The molecule has 5 aromatic carbocycles. The molecule has 0 spiro atoms. The second-order valence-corrected chi connectivity index (χ2v) is 12.3. The summed E-state index contributed by atoms with van der Waals surface area (Å²) in [5.41, 5.74) is 12.9. The Balaban J connectivity index is 0.000000191. The summed E-state index contributed by atoms with van der Waals surface area (Å²) >= 11 is 0. The Labute approximate surface area is 252 Å². The van der Waals surface area contributed by atoms with Crippen molar-refractivity contribution in [3.63, 3.8) is 0 Å². The molecule has 0 saturated carbocycles. The molecule has 8 rings (SSSR count). The smallest absolute Gasteiger partial charge is 0.124 e. The van der Waals surface area contributed by atoms with Crippen molar-refractivity contribution in [2.75, 3.05) is 0 Å². The minimum absolute atomic E-state index is 0.0511. The van der Waals surface area contributed by atoms with Crippen molar-refractivity contribution in [2.24, 2.45) is 11.7 Å². The van der Waals surface area contributed by atoms with Gasteiger partial charge in [0.25, 0.3) is 0 Å². The monoisotopic (exact) mass is 566 g/mol. The number of aromatic nitrogens is 3. The van der Waals surface area contributed by atoms with Gasteiger partial charge in [-0.25, -0.2) is 0 Å². The fourth-order valence-electron chi connectivity index (χ4n) is 6.85. The molecule has 2 heterocycles. The summed E-state index contributed by atoms with van der Waals surface area (Å²) in [6.45, 7) is 4.30. The lowest BCUT2D eigenvalue weighted by molar-refractivity contribution is 0.385. The fourth-order valence-corrected chi connectivity index (χ4v) is 6.85. The van der Waals surface area contributed by atoms with Crippen molar-refractivity contribution >= 4 is 43.4 Å². The highest BCUT2D eigenvalue weighted by Crippen LogP contribution is 2.41. The van der Waals surface area contributed by atoms with Crippen LogP contribution in [0.1, 0.15) is 55.5 Å². The molecule has 0 bridgehead atoms. The number of nitrogens with two attached hydrogens (primary N) is 1. The first-order valence-electron chi connectivity index (χ1n) is 15.4. The van der Waals surface area contributed by atoms with Gasteiger partial charge in [0.1, 0.15) is 5.75 Å². The molecule has 7 aromatic rings. The number of nitrogens with zero attached hydrogens (tertiary/aromatic N) is 2. The van der Waals surface area contributed by atoms with Crippen LogP contribution >= 0.6 is 0 Å². The van der Waals surface area contributed by atoms with Crippen LogP contribution in [0.2, 0.25) is 0 Å². The summed E-state index contributed by atoms with van der Waals surface area (Å²) in [6, 6.07) is 31.6. The lowest BCUT2D eigenvalue weighted by Crippen LogP contribution is -2.24. The Kier molecular flexibility index (Phi) is 7.12. The number of aromatic hydroxyl groups is 1. The third-order valence-corrected chi connectivity index (χ3v) is 9.09. The molecule has 0 saturated heterocycles. The summed E-state index contributed by atoms with van der Waals surface area (Å²) < 4.78 is 2.03. The molecule has 2 unspecified atom stereocenters. The van der Waals surface area contributed by atoms with Gasteiger partial charge in [-0.3, -0.25) is 4.68 Å². The Morgan fingerprint density at radius 3 is 2.14 bits per heavy atom. The van der Waals surface area contributed by atoms with Crippen LogP contribution in [0.4, 0.5) is 0 Å². The Morgan fingerprint density at radius 1 is 0.837 bits per heavy atom. The van der Waals surface area contributed by atoms with Gasteiger partial charge in [0.15, 0.2) is 0 Å². The molecule has 43 heavy (non-hydrogen) atoms. The van der Waals surface area contributed by atoms with E-state index in [-0.39, 0.29) is 6.04 Å². The van der Waals surface area contributed by atoms with E-state index in [9.17, 15) is 5.11 Å².